The first kappa shape index (κ1) is 20.0. The summed E-state index contributed by atoms with van der Waals surface area (Å²) in [4.78, 5) is 30.0. The number of carbonyl (C=O) groups excluding carboxylic acids is 1. The summed E-state index contributed by atoms with van der Waals surface area (Å²) in [6.07, 6.45) is 8.03. The van der Waals surface area contributed by atoms with E-state index in [0.717, 1.165) is 63.7 Å². The molecule has 2 aliphatic heterocycles. The second kappa shape index (κ2) is 9.46. The summed E-state index contributed by atoms with van der Waals surface area (Å²) in [5.41, 5.74) is 1.16. The fraction of sp³-hybridized carbons (Fsp3) is 0.750. The molecule has 0 aromatic carbocycles. The molecule has 1 unspecified atom stereocenters. The third kappa shape index (κ3) is 5.87. The molecule has 0 saturated carbocycles. The SMILES string of the molecule is CN1CCN(C(=O)CCC2CCCN(Cc3cnc(N(C)C)nc3)C2)CC1. The predicted octanol–water partition coefficient (Wildman–Crippen LogP) is 1.31. The van der Waals surface area contributed by atoms with Gasteiger partial charge in [-0.3, -0.25) is 9.69 Å². The smallest absolute Gasteiger partial charge is 0.224 e. The quantitative estimate of drug-likeness (QED) is 0.748. The first-order valence-electron chi connectivity index (χ1n) is 10.2. The van der Waals surface area contributed by atoms with Gasteiger partial charge in [-0.05, 0) is 38.8 Å². The van der Waals surface area contributed by atoms with E-state index in [0.29, 0.717) is 18.2 Å². The number of amides is 1. The zero-order valence-corrected chi connectivity index (χ0v) is 17.1. The van der Waals surface area contributed by atoms with Crippen LogP contribution in [0.4, 0.5) is 5.95 Å². The summed E-state index contributed by atoms with van der Waals surface area (Å²) >= 11 is 0. The van der Waals surface area contributed by atoms with Crippen molar-refractivity contribution in [2.45, 2.75) is 32.2 Å². The van der Waals surface area contributed by atoms with E-state index in [1.807, 2.05) is 36.3 Å². The summed E-state index contributed by atoms with van der Waals surface area (Å²) in [5, 5.41) is 0. The maximum atomic E-state index is 12.5. The Kier molecular flexibility index (Phi) is 7.01. The molecule has 2 saturated heterocycles. The molecule has 1 atom stereocenters. The number of hydrogen-bond acceptors (Lipinski definition) is 6. The molecule has 0 bridgehead atoms. The fourth-order valence-electron chi connectivity index (χ4n) is 3.99. The van der Waals surface area contributed by atoms with Crippen molar-refractivity contribution in [2.75, 3.05) is 65.3 Å². The van der Waals surface area contributed by atoms with E-state index in [1.165, 1.54) is 12.8 Å². The van der Waals surface area contributed by atoms with Crippen LogP contribution in [0.3, 0.4) is 0 Å². The molecule has 7 nitrogen and oxygen atoms in total. The van der Waals surface area contributed by atoms with Gasteiger partial charge in [-0.15, -0.1) is 0 Å². The van der Waals surface area contributed by atoms with Crippen LogP contribution in [0.1, 0.15) is 31.2 Å². The Balaban J connectivity index is 1.43. The van der Waals surface area contributed by atoms with E-state index in [4.69, 9.17) is 0 Å². The Bertz CT molecular complexity index is 597. The Morgan fingerprint density at radius 3 is 2.52 bits per heavy atom. The second-order valence-electron chi connectivity index (χ2n) is 8.25. The highest BCUT2D eigenvalue weighted by Gasteiger charge is 2.23. The molecule has 2 fully saturated rings. The lowest BCUT2D eigenvalue weighted by Gasteiger charge is -2.34. The molecule has 27 heavy (non-hydrogen) atoms. The minimum atomic E-state index is 0.341. The molecule has 1 amide bonds. The minimum absolute atomic E-state index is 0.341. The zero-order chi connectivity index (χ0) is 19.2. The van der Waals surface area contributed by atoms with E-state index in [2.05, 4.69) is 26.8 Å². The molecule has 3 rings (SSSR count). The Morgan fingerprint density at radius 2 is 1.85 bits per heavy atom. The third-order valence-electron chi connectivity index (χ3n) is 5.72. The van der Waals surface area contributed by atoms with Gasteiger partial charge in [0.2, 0.25) is 11.9 Å². The van der Waals surface area contributed by atoms with Gasteiger partial charge in [0.1, 0.15) is 0 Å². The van der Waals surface area contributed by atoms with E-state index in [9.17, 15) is 4.79 Å². The Labute approximate surface area is 163 Å². The van der Waals surface area contributed by atoms with Crippen LogP contribution in [0.2, 0.25) is 0 Å². The van der Waals surface area contributed by atoms with Crippen LogP contribution in [-0.2, 0) is 11.3 Å². The summed E-state index contributed by atoms with van der Waals surface area (Å²) in [7, 11) is 6.03. The maximum absolute atomic E-state index is 12.5. The Hall–Kier alpha value is -1.73. The molecule has 3 heterocycles. The predicted molar refractivity (Wildman–Crippen MR) is 108 cm³/mol. The molecule has 7 heteroatoms. The van der Waals surface area contributed by atoms with Gasteiger partial charge in [0.25, 0.3) is 0 Å². The molecule has 150 valence electrons. The van der Waals surface area contributed by atoms with Gasteiger partial charge in [-0.1, -0.05) is 0 Å². The summed E-state index contributed by atoms with van der Waals surface area (Å²) in [6, 6.07) is 0. The maximum Gasteiger partial charge on any atom is 0.224 e. The highest BCUT2D eigenvalue weighted by Crippen LogP contribution is 2.23. The van der Waals surface area contributed by atoms with Crippen molar-refractivity contribution in [1.82, 2.24) is 24.7 Å². The van der Waals surface area contributed by atoms with E-state index in [-0.39, 0.29) is 0 Å². The first-order chi connectivity index (χ1) is 13.0. The number of likely N-dealkylation sites (tertiary alicyclic amines) is 1. The average Bonchev–Trinajstić information content (AvgIpc) is 2.67. The van der Waals surface area contributed by atoms with Crippen molar-refractivity contribution in [2.24, 2.45) is 5.92 Å². The van der Waals surface area contributed by atoms with Crippen LogP contribution >= 0.6 is 0 Å². The van der Waals surface area contributed by atoms with Crippen LogP contribution < -0.4 is 4.90 Å². The highest BCUT2D eigenvalue weighted by molar-refractivity contribution is 5.76. The second-order valence-corrected chi connectivity index (χ2v) is 8.25. The zero-order valence-electron chi connectivity index (χ0n) is 17.1. The van der Waals surface area contributed by atoms with Crippen molar-refractivity contribution in [3.63, 3.8) is 0 Å². The van der Waals surface area contributed by atoms with E-state index >= 15 is 0 Å². The topological polar surface area (TPSA) is 55.8 Å². The van der Waals surface area contributed by atoms with Crippen LogP contribution in [0.5, 0.6) is 0 Å². The molecular formula is C20H34N6O. The van der Waals surface area contributed by atoms with Gasteiger partial charge >= 0.3 is 0 Å². The summed E-state index contributed by atoms with van der Waals surface area (Å²) in [5.74, 6) is 1.71. The number of aromatic nitrogens is 2. The summed E-state index contributed by atoms with van der Waals surface area (Å²) < 4.78 is 0. The molecular weight excluding hydrogens is 340 g/mol. The van der Waals surface area contributed by atoms with E-state index < -0.39 is 0 Å². The third-order valence-corrected chi connectivity index (χ3v) is 5.72. The van der Waals surface area contributed by atoms with Crippen molar-refractivity contribution >= 4 is 11.9 Å². The number of hydrogen-bond donors (Lipinski definition) is 0. The molecule has 1 aromatic rings. The van der Waals surface area contributed by atoms with Crippen LogP contribution in [0, 0.1) is 5.92 Å². The van der Waals surface area contributed by atoms with Gasteiger partial charge in [-0.2, -0.15) is 0 Å². The molecule has 0 spiro atoms. The molecule has 0 N–H and O–H groups in total. The summed E-state index contributed by atoms with van der Waals surface area (Å²) in [6.45, 7) is 6.86. The largest absolute Gasteiger partial charge is 0.347 e. The van der Waals surface area contributed by atoms with Gasteiger partial charge in [0.15, 0.2) is 0 Å². The number of likely N-dealkylation sites (N-methyl/N-ethyl adjacent to an activating group) is 1. The van der Waals surface area contributed by atoms with Crippen molar-refractivity contribution in [3.05, 3.63) is 18.0 Å². The van der Waals surface area contributed by atoms with Crippen LogP contribution in [0.15, 0.2) is 12.4 Å². The van der Waals surface area contributed by atoms with Crippen molar-refractivity contribution < 1.29 is 4.79 Å². The van der Waals surface area contributed by atoms with Gasteiger partial charge in [0.05, 0.1) is 0 Å². The van der Waals surface area contributed by atoms with Gasteiger partial charge in [-0.25, -0.2) is 9.97 Å². The lowest BCUT2D eigenvalue weighted by molar-refractivity contribution is -0.133. The molecule has 0 radical (unpaired) electrons. The number of piperidine rings is 1. The highest BCUT2D eigenvalue weighted by atomic mass is 16.2. The lowest BCUT2D eigenvalue weighted by Crippen LogP contribution is -2.47. The number of carbonyl (C=O) groups is 1. The van der Waals surface area contributed by atoms with Crippen LogP contribution in [0.25, 0.3) is 0 Å². The van der Waals surface area contributed by atoms with Crippen molar-refractivity contribution in [1.29, 1.82) is 0 Å². The average molecular weight is 375 g/mol. The first-order valence-corrected chi connectivity index (χ1v) is 10.2. The fourth-order valence-corrected chi connectivity index (χ4v) is 3.99. The molecule has 0 aliphatic carbocycles. The number of nitrogens with zero attached hydrogens (tertiary/aromatic N) is 6. The Morgan fingerprint density at radius 1 is 1.15 bits per heavy atom. The van der Waals surface area contributed by atoms with Crippen LogP contribution in [-0.4, -0.2) is 91.0 Å². The van der Waals surface area contributed by atoms with Gasteiger partial charge in [0, 0.05) is 77.7 Å². The minimum Gasteiger partial charge on any atom is -0.347 e. The normalized spacial score (nSPS) is 22.0. The lowest BCUT2D eigenvalue weighted by atomic mass is 9.93. The molecule has 2 aliphatic rings. The number of rotatable bonds is 6. The standard InChI is InChI=1S/C20H34N6O/c1-23(2)20-21-13-18(14-22-20)16-25-8-4-5-17(15-25)6-7-19(27)26-11-9-24(3)10-12-26/h13-14,17H,4-12,15-16H2,1-3H3. The number of anilines is 1. The van der Waals surface area contributed by atoms with Crippen molar-refractivity contribution in [3.8, 4) is 0 Å². The number of piperazine rings is 1. The monoisotopic (exact) mass is 374 g/mol. The van der Waals surface area contributed by atoms with E-state index in [1.54, 1.807) is 0 Å². The van der Waals surface area contributed by atoms with Gasteiger partial charge < -0.3 is 14.7 Å². The molecule has 1 aromatic heterocycles.